The molecule has 29 heavy (non-hydrogen) atoms. The number of allylic oxidation sites excluding steroid dienone is 2. The van der Waals surface area contributed by atoms with Crippen LogP contribution in [0.15, 0.2) is 109 Å². The third kappa shape index (κ3) is 4.38. The first-order chi connectivity index (χ1) is 14.2. The lowest BCUT2D eigenvalue weighted by Gasteiger charge is -2.19. The maximum atomic E-state index is 12.9. The summed E-state index contributed by atoms with van der Waals surface area (Å²) < 4.78 is 5.83. The molecule has 1 aliphatic carbocycles. The van der Waals surface area contributed by atoms with Gasteiger partial charge < -0.3 is 4.74 Å². The molecule has 0 bridgehead atoms. The highest BCUT2D eigenvalue weighted by Crippen LogP contribution is 2.32. The van der Waals surface area contributed by atoms with Gasteiger partial charge in [-0.25, -0.2) is 0 Å². The van der Waals surface area contributed by atoms with Gasteiger partial charge in [-0.15, -0.1) is 0 Å². The Kier molecular flexibility index (Phi) is 5.71. The molecule has 1 unspecified atom stereocenters. The molecule has 0 amide bonds. The van der Waals surface area contributed by atoms with Crippen molar-refractivity contribution < 1.29 is 9.53 Å². The van der Waals surface area contributed by atoms with Gasteiger partial charge in [0.25, 0.3) is 0 Å². The van der Waals surface area contributed by atoms with Crippen LogP contribution < -0.4 is 0 Å². The highest BCUT2D eigenvalue weighted by Gasteiger charge is 2.26. The second kappa shape index (κ2) is 8.74. The van der Waals surface area contributed by atoms with E-state index in [0.717, 1.165) is 27.8 Å². The number of carbonyl (C=O) groups excluding carboxylic acids is 1. The molecule has 0 aliphatic heterocycles. The Morgan fingerprint density at radius 3 is 1.90 bits per heavy atom. The van der Waals surface area contributed by atoms with Crippen molar-refractivity contribution in [2.45, 2.75) is 12.8 Å². The Hall–Kier alpha value is -3.39. The van der Waals surface area contributed by atoms with Crippen LogP contribution in [0.25, 0.3) is 5.57 Å². The van der Waals surface area contributed by atoms with E-state index in [0.29, 0.717) is 6.61 Å². The maximum absolute atomic E-state index is 12.9. The SMILES string of the molecule is CC1=CC(c2ccccc2)=CC1C(=O)OCC(c1ccccc1)c1ccccc1. The second-order valence-corrected chi connectivity index (χ2v) is 7.36. The summed E-state index contributed by atoms with van der Waals surface area (Å²) in [5, 5.41) is 0. The molecule has 1 aliphatic rings. The zero-order valence-corrected chi connectivity index (χ0v) is 16.5. The first-order valence-corrected chi connectivity index (χ1v) is 9.94. The molecule has 2 nitrogen and oxygen atoms in total. The quantitative estimate of drug-likeness (QED) is 0.489. The summed E-state index contributed by atoms with van der Waals surface area (Å²) >= 11 is 0. The average molecular weight is 380 g/mol. The molecule has 0 spiro atoms. The van der Waals surface area contributed by atoms with E-state index >= 15 is 0 Å². The molecule has 0 radical (unpaired) electrons. The number of benzene rings is 3. The largest absolute Gasteiger partial charge is 0.464 e. The van der Waals surface area contributed by atoms with Crippen LogP contribution in [-0.4, -0.2) is 12.6 Å². The Balaban J connectivity index is 1.50. The summed E-state index contributed by atoms with van der Waals surface area (Å²) in [5.74, 6) is -0.497. The number of hydrogen-bond donors (Lipinski definition) is 0. The predicted molar refractivity (Wildman–Crippen MR) is 117 cm³/mol. The number of hydrogen-bond acceptors (Lipinski definition) is 2. The van der Waals surface area contributed by atoms with E-state index in [1.807, 2.05) is 67.6 Å². The van der Waals surface area contributed by atoms with Crippen LogP contribution in [0, 0.1) is 5.92 Å². The van der Waals surface area contributed by atoms with Gasteiger partial charge in [-0.1, -0.05) is 109 Å². The molecule has 0 fully saturated rings. The molecule has 3 aromatic carbocycles. The Morgan fingerprint density at radius 2 is 1.34 bits per heavy atom. The van der Waals surface area contributed by atoms with E-state index in [1.54, 1.807) is 0 Å². The first-order valence-electron chi connectivity index (χ1n) is 9.94. The van der Waals surface area contributed by atoms with Gasteiger partial charge >= 0.3 is 5.97 Å². The van der Waals surface area contributed by atoms with Gasteiger partial charge in [0.1, 0.15) is 6.61 Å². The van der Waals surface area contributed by atoms with E-state index in [9.17, 15) is 4.79 Å². The Morgan fingerprint density at radius 1 is 0.828 bits per heavy atom. The van der Waals surface area contributed by atoms with Gasteiger partial charge in [0, 0.05) is 5.92 Å². The average Bonchev–Trinajstić information content (AvgIpc) is 3.18. The molecule has 4 rings (SSSR count). The maximum Gasteiger partial charge on any atom is 0.317 e. The minimum atomic E-state index is -0.322. The number of carbonyl (C=O) groups is 1. The monoisotopic (exact) mass is 380 g/mol. The van der Waals surface area contributed by atoms with Crippen molar-refractivity contribution in [2.75, 3.05) is 6.61 Å². The minimum absolute atomic E-state index is 0.0182. The summed E-state index contributed by atoms with van der Waals surface area (Å²) in [6, 6.07) is 30.5. The summed E-state index contributed by atoms with van der Waals surface area (Å²) in [4.78, 5) is 12.9. The highest BCUT2D eigenvalue weighted by atomic mass is 16.5. The summed E-state index contributed by atoms with van der Waals surface area (Å²) in [6.45, 7) is 2.31. The van der Waals surface area contributed by atoms with Crippen molar-refractivity contribution >= 4 is 11.5 Å². The normalized spacial score (nSPS) is 15.7. The lowest BCUT2D eigenvalue weighted by molar-refractivity contribution is -0.145. The summed E-state index contributed by atoms with van der Waals surface area (Å²) in [6.07, 6.45) is 4.08. The highest BCUT2D eigenvalue weighted by molar-refractivity contribution is 5.88. The zero-order valence-electron chi connectivity index (χ0n) is 16.5. The van der Waals surface area contributed by atoms with Crippen molar-refractivity contribution in [2.24, 2.45) is 5.92 Å². The van der Waals surface area contributed by atoms with Crippen molar-refractivity contribution in [3.63, 3.8) is 0 Å². The van der Waals surface area contributed by atoms with Crippen LogP contribution in [0.4, 0.5) is 0 Å². The second-order valence-electron chi connectivity index (χ2n) is 7.36. The fourth-order valence-corrected chi connectivity index (χ4v) is 3.77. The fourth-order valence-electron chi connectivity index (χ4n) is 3.77. The van der Waals surface area contributed by atoms with Gasteiger partial charge in [0.2, 0.25) is 0 Å². The van der Waals surface area contributed by atoms with E-state index in [4.69, 9.17) is 4.74 Å². The van der Waals surface area contributed by atoms with E-state index in [1.165, 1.54) is 0 Å². The van der Waals surface area contributed by atoms with Gasteiger partial charge in [0.05, 0.1) is 5.92 Å². The van der Waals surface area contributed by atoms with Gasteiger partial charge in [-0.3, -0.25) is 4.79 Å². The molecule has 1 atom stereocenters. The fraction of sp³-hybridized carbons (Fsp3) is 0.148. The standard InChI is InChI=1S/C27H24O2/c1-20-17-24(21-11-5-2-6-12-21)18-25(20)27(28)29-19-26(22-13-7-3-8-14-22)23-15-9-4-10-16-23/h2-18,25-26H,19H2,1H3. The van der Waals surface area contributed by atoms with Crippen molar-refractivity contribution in [3.05, 3.63) is 125 Å². The van der Waals surface area contributed by atoms with Crippen molar-refractivity contribution in [1.82, 2.24) is 0 Å². The lowest BCUT2D eigenvalue weighted by atomic mass is 9.92. The molecule has 0 saturated carbocycles. The Labute approximate surface area is 172 Å². The van der Waals surface area contributed by atoms with Crippen molar-refractivity contribution in [1.29, 1.82) is 0 Å². The molecule has 3 aromatic rings. The smallest absolute Gasteiger partial charge is 0.317 e. The number of rotatable bonds is 6. The first kappa shape index (κ1) is 18.9. The number of ether oxygens (including phenoxy) is 1. The van der Waals surface area contributed by atoms with Crippen LogP contribution in [0.2, 0.25) is 0 Å². The lowest BCUT2D eigenvalue weighted by Crippen LogP contribution is -2.20. The Bertz CT molecular complexity index is 978. The van der Waals surface area contributed by atoms with E-state index in [-0.39, 0.29) is 17.8 Å². The van der Waals surface area contributed by atoms with Crippen LogP contribution in [0.1, 0.15) is 29.5 Å². The van der Waals surface area contributed by atoms with Crippen LogP contribution in [-0.2, 0) is 9.53 Å². The zero-order chi connectivity index (χ0) is 20.1. The van der Waals surface area contributed by atoms with Crippen LogP contribution in [0.3, 0.4) is 0 Å². The minimum Gasteiger partial charge on any atom is -0.464 e. The van der Waals surface area contributed by atoms with Gasteiger partial charge in [-0.2, -0.15) is 0 Å². The third-order valence-corrected chi connectivity index (χ3v) is 5.38. The predicted octanol–water partition coefficient (Wildman–Crippen LogP) is 6.02. The summed E-state index contributed by atoms with van der Waals surface area (Å²) in [5.41, 5.74) is 5.50. The molecule has 0 saturated heterocycles. The molecule has 2 heteroatoms. The molecule has 0 aromatic heterocycles. The van der Waals surface area contributed by atoms with E-state index < -0.39 is 0 Å². The molecular weight excluding hydrogens is 356 g/mol. The topological polar surface area (TPSA) is 26.3 Å². The van der Waals surface area contributed by atoms with Crippen LogP contribution in [0.5, 0.6) is 0 Å². The molecule has 0 heterocycles. The number of esters is 1. The van der Waals surface area contributed by atoms with Gasteiger partial charge in [0.15, 0.2) is 0 Å². The molecule has 0 N–H and O–H groups in total. The van der Waals surface area contributed by atoms with E-state index in [2.05, 4.69) is 42.5 Å². The van der Waals surface area contributed by atoms with Gasteiger partial charge in [-0.05, 0) is 29.2 Å². The third-order valence-electron chi connectivity index (χ3n) is 5.38. The van der Waals surface area contributed by atoms with Crippen molar-refractivity contribution in [3.8, 4) is 0 Å². The summed E-state index contributed by atoms with van der Waals surface area (Å²) in [7, 11) is 0. The van der Waals surface area contributed by atoms with Crippen LogP contribution >= 0.6 is 0 Å². The molecular formula is C27H24O2. The molecule has 144 valence electrons.